The van der Waals surface area contributed by atoms with Crippen LogP contribution in [0.4, 0.5) is 10.1 Å². The molecule has 2 aliphatic rings. The molecule has 2 aliphatic heterocycles. The number of hydrogen-bond acceptors (Lipinski definition) is 8. The number of sulfonamides is 1. The highest BCUT2D eigenvalue weighted by atomic mass is 32.2. The summed E-state index contributed by atoms with van der Waals surface area (Å²) in [4.78, 5) is 31.4. The number of rotatable bonds is 11. The first-order valence-corrected chi connectivity index (χ1v) is 17.2. The van der Waals surface area contributed by atoms with Crippen LogP contribution in [0.2, 0.25) is 0 Å². The maximum atomic E-state index is 14.2. The van der Waals surface area contributed by atoms with Gasteiger partial charge in [0.2, 0.25) is 15.9 Å². The van der Waals surface area contributed by atoms with Crippen molar-refractivity contribution in [1.29, 1.82) is 0 Å². The number of likely N-dealkylation sites (tertiary alicyclic amines) is 1. The summed E-state index contributed by atoms with van der Waals surface area (Å²) in [6.45, 7) is 4.42. The molecule has 4 N–H and O–H groups in total. The molecule has 238 valence electrons. The molecule has 1 aromatic heterocycles. The number of hydrogen-bond donors (Lipinski definition) is 4. The lowest BCUT2D eigenvalue weighted by atomic mass is 9.78. The number of aliphatic hydroxyl groups is 1. The summed E-state index contributed by atoms with van der Waals surface area (Å²) in [7, 11) is -4.37. The van der Waals surface area contributed by atoms with Gasteiger partial charge in [0.25, 0.3) is 0 Å². The van der Waals surface area contributed by atoms with E-state index in [9.17, 15) is 32.6 Å². The molecule has 0 spiro atoms. The zero-order valence-corrected chi connectivity index (χ0v) is 26.5. The molecule has 1 saturated heterocycles. The van der Waals surface area contributed by atoms with Gasteiger partial charge < -0.3 is 20.4 Å². The molecule has 2 atom stereocenters. The summed E-state index contributed by atoms with van der Waals surface area (Å²) in [5.74, 6) is -1.22. The van der Waals surface area contributed by atoms with Gasteiger partial charge in [0.05, 0.1) is 33.7 Å². The second-order valence-corrected chi connectivity index (χ2v) is 15.2. The SMILES string of the molecule is CC1(C)CNc2c(cc(CCC(=O)O)cc2S(=O)(=O)NC(Cc2nc3ccccc3s2)C(=O)N2CCC(CCF)CC2)C1O. The van der Waals surface area contributed by atoms with Crippen molar-refractivity contribution < 1.29 is 32.6 Å². The number of carboxylic acids is 1. The molecule has 1 amide bonds. The Morgan fingerprint density at radius 1 is 1.23 bits per heavy atom. The summed E-state index contributed by atoms with van der Waals surface area (Å²) in [6.07, 6.45) is 0.632. The van der Waals surface area contributed by atoms with Crippen molar-refractivity contribution in [2.75, 3.05) is 31.6 Å². The number of aliphatic carboxylic acids is 1. The molecule has 0 aliphatic carbocycles. The van der Waals surface area contributed by atoms with Crippen molar-refractivity contribution in [1.82, 2.24) is 14.6 Å². The van der Waals surface area contributed by atoms with Crippen LogP contribution in [0.3, 0.4) is 0 Å². The number of nitrogens with zero attached hydrogens (tertiary/aromatic N) is 2. The molecule has 3 heterocycles. The second kappa shape index (κ2) is 13.1. The number of carbonyl (C=O) groups is 2. The summed E-state index contributed by atoms with van der Waals surface area (Å²) in [5, 5.41) is 24.2. The van der Waals surface area contributed by atoms with Gasteiger partial charge in [0.15, 0.2) is 0 Å². The Hall–Kier alpha value is -3.13. The van der Waals surface area contributed by atoms with Crippen LogP contribution >= 0.6 is 11.3 Å². The average molecular weight is 647 g/mol. The van der Waals surface area contributed by atoms with E-state index in [4.69, 9.17) is 0 Å². The summed E-state index contributed by atoms with van der Waals surface area (Å²) >= 11 is 1.39. The Balaban J connectivity index is 1.50. The number of carbonyl (C=O) groups excluding carboxylic acids is 1. The third-order valence-electron chi connectivity index (χ3n) is 8.62. The molecule has 10 nitrogen and oxygen atoms in total. The van der Waals surface area contributed by atoms with Crippen molar-refractivity contribution in [2.45, 2.75) is 69.4 Å². The predicted octanol–water partition coefficient (Wildman–Crippen LogP) is 4.29. The third-order valence-corrected chi connectivity index (χ3v) is 11.2. The molecule has 2 aromatic carbocycles. The number of aryl methyl sites for hydroxylation is 1. The molecule has 5 rings (SSSR count). The van der Waals surface area contributed by atoms with Crippen LogP contribution in [0.25, 0.3) is 10.2 Å². The van der Waals surface area contributed by atoms with E-state index in [2.05, 4.69) is 15.0 Å². The van der Waals surface area contributed by atoms with Crippen LogP contribution in [0.15, 0.2) is 41.3 Å². The fraction of sp³-hybridized carbons (Fsp3) is 0.516. The van der Waals surface area contributed by atoms with Gasteiger partial charge in [-0.15, -0.1) is 11.3 Å². The van der Waals surface area contributed by atoms with Crippen LogP contribution < -0.4 is 10.0 Å². The van der Waals surface area contributed by atoms with Gasteiger partial charge in [0.1, 0.15) is 10.9 Å². The Labute approximate surface area is 260 Å². The zero-order valence-electron chi connectivity index (χ0n) is 24.9. The van der Waals surface area contributed by atoms with Gasteiger partial charge in [-0.1, -0.05) is 32.0 Å². The minimum absolute atomic E-state index is 0.0335. The molecule has 0 bridgehead atoms. The van der Waals surface area contributed by atoms with Gasteiger partial charge in [-0.25, -0.2) is 13.4 Å². The maximum Gasteiger partial charge on any atom is 0.303 e. The second-order valence-electron chi connectivity index (χ2n) is 12.4. The minimum atomic E-state index is -4.37. The van der Waals surface area contributed by atoms with E-state index < -0.39 is 40.2 Å². The van der Waals surface area contributed by atoms with Crippen LogP contribution in [-0.4, -0.2) is 72.7 Å². The van der Waals surface area contributed by atoms with Gasteiger partial charge in [0, 0.05) is 43.5 Å². The Morgan fingerprint density at radius 3 is 2.64 bits per heavy atom. The molecule has 44 heavy (non-hydrogen) atoms. The van der Waals surface area contributed by atoms with E-state index in [0.717, 1.165) is 10.2 Å². The summed E-state index contributed by atoms with van der Waals surface area (Å²) < 4.78 is 44.9. The molecule has 0 saturated carbocycles. The minimum Gasteiger partial charge on any atom is -0.481 e. The number of piperidine rings is 1. The zero-order chi connectivity index (χ0) is 31.6. The van der Waals surface area contributed by atoms with Crippen molar-refractivity contribution in [3.63, 3.8) is 0 Å². The summed E-state index contributed by atoms with van der Waals surface area (Å²) in [6, 6.07) is 9.44. The van der Waals surface area contributed by atoms with E-state index in [1.54, 1.807) is 11.0 Å². The van der Waals surface area contributed by atoms with Crippen LogP contribution in [-0.2, 0) is 32.5 Å². The third kappa shape index (κ3) is 7.06. The van der Waals surface area contributed by atoms with Crippen molar-refractivity contribution in [3.8, 4) is 0 Å². The lowest BCUT2D eigenvalue weighted by Crippen LogP contribution is -2.51. The first-order valence-electron chi connectivity index (χ1n) is 14.9. The smallest absolute Gasteiger partial charge is 0.303 e. The largest absolute Gasteiger partial charge is 0.481 e. The van der Waals surface area contributed by atoms with E-state index in [-0.39, 0.29) is 41.7 Å². The standard InChI is InChI=1S/C31H39FN4O6S2/c1-31(2)18-33-28-21(29(31)39)15-20(7-8-27(37)38)16-25(28)44(41,42)35-23(17-26-34-22-5-3-4-6-24(22)43-26)30(40)36-13-10-19(9-12-32)11-14-36/h3-6,15-16,19,23,29,33,35,39H,7-14,17-18H2,1-2H3,(H,37,38). The monoisotopic (exact) mass is 646 g/mol. The molecular formula is C31H39FN4O6S2. The van der Waals surface area contributed by atoms with Gasteiger partial charge >= 0.3 is 5.97 Å². The van der Waals surface area contributed by atoms with E-state index in [1.165, 1.54) is 17.4 Å². The lowest BCUT2D eigenvalue weighted by Gasteiger charge is -2.38. The van der Waals surface area contributed by atoms with E-state index in [1.807, 2.05) is 38.1 Å². The number of amides is 1. The highest BCUT2D eigenvalue weighted by Crippen LogP contribution is 2.44. The number of anilines is 1. The highest BCUT2D eigenvalue weighted by molar-refractivity contribution is 7.89. The highest BCUT2D eigenvalue weighted by Gasteiger charge is 2.39. The normalized spacial score (nSPS) is 19.4. The van der Waals surface area contributed by atoms with Crippen LogP contribution in [0.5, 0.6) is 0 Å². The number of nitrogens with one attached hydrogen (secondary N) is 2. The molecule has 13 heteroatoms. The number of thiazole rings is 1. The maximum absolute atomic E-state index is 14.2. The Morgan fingerprint density at radius 2 is 1.95 bits per heavy atom. The first kappa shape index (κ1) is 32.3. The van der Waals surface area contributed by atoms with Crippen molar-refractivity contribution in [3.05, 3.63) is 52.5 Å². The number of benzene rings is 2. The average Bonchev–Trinajstić information content (AvgIpc) is 3.40. The quantitative estimate of drug-likeness (QED) is 0.241. The fourth-order valence-electron chi connectivity index (χ4n) is 5.97. The van der Waals surface area contributed by atoms with Crippen molar-refractivity contribution >= 4 is 49.1 Å². The number of fused-ring (bicyclic) bond motifs is 2. The van der Waals surface area contributed by atoms with Crippen LogP contribution in [0.1, 0.15) is 61.8 Å². The Kier molecular flexibility index (Phi) is 9.59. The van der Waals surface area contributed by atoms with Crippen molar-refractivity contribution in [2.24, 2.45) is 11.3 Å². The lowest BCUT2D eigenvalue weighted by molar-refractivity contribution is -0.137. The summed E-state index contributed by atoms with van der Waals surface area (Å²) in [5.41, 5.74) is 1.21. The number of alkyl halides is 1. The number of carboxylic acid groups (broad SMARTS) is 1. The molecule has 2 unspecified atom stereocenters. The molecular weight excluding hydrogens is 607 g/mol. The number of aliphatic hydroxyl groups excluding tert-OH is 1. The molecule has 1 fully saturated rings. The fourth-order valence-corrected chi connectivity index (χ4v) is 8.43. The molecule has 3 aromatic rings. The van der Waals surface area contributed by atoms with E-state index >= 15 is 0 Å². The molecule has 0 radical (unpaired) electrons. The van der Waals surface area contributed by atoms with Gasteiger partial charge in [-0.2, -0.15) is 4.72 Å². The first-order chi connectivity index (χ1) is 20.9. The van der Waals surface area contributed by atoms with Gasteiger partial charge in [-0.05, 0) is 55.4 Å². The van der Waals surface area contributed by atoms with Crippen LogP contribution in [0, 0.1) is 11.3 Å². The number of para-hydroxylation sites is 1. The number of halogens is 1. The predicted molar refractivity (Wildman–Crippen MR) is 167 cm³/mol. The van der Waals surface area contributed by atoms with Gasteiger partial charge in [-0.3, -0.25) is 14.0 Å². The Bertz CT molecular complexity index is 1600. The number of aromatic nitrogens is 1. The topological polar surface area (TPSA) is 149 Å². The van der Waals surface area contributed by atoms with E-state index in [0.29, 0.717) is 55.0 Å².